The average Bonchev–Trinajstić information content (AvgIpc) is 2.35. The molecule has 0 aliphatic heterocycles. The SMILES string of the molecule is CN(C)CCCNc1cnc2nc(N)[nH]c(=O)c2n1. The van der Waals surface area contributed by atoms with Crippen molar-refractivity contribution in [1.82, 2.24) is 24.8 Å². The molecule has 0 saturated carbocycles. The molecule has 0 amide bonds. The molecule has 0 unspecified atom stereocenters. The number of nitrogens with two attached hydrogens (primary N) is 1. The first-order valence-electron chi connectivity index (χ1n) is 5.97. The number of nitrogens with one attached hydrogen (secondary N) is 2. The minimum absolute atomic E-state index is 0.0403. The highest BCUT2D eigenvalue weighted by Gasteiger charge is 2.06. The molecule has 102 valence electrons. The summed E-state index contributed by atoms with van der Waals surface area (Å²) in [6.45, 7) is 1.74. The highest BCUT2D eigenvalue weighted by Crippen LogP contribution is 2.06. The Morgan fingerprint density at radius 3 is 2.95 bits per heavy atom. The van der Waals surface area contributed by atoms with Crippen LogP contribution in [0, 0.1) is 0 Å². The second-order valence-electron chi connectivity index (χ2n) is 4.46. The van der Waals surface area contributed by atoms with Gasteiger partial charge in [-0.2, -0.15) is 4.98 Å². The quantitative estimate of drug-likeness (QED) is 0.632. The van der Waals surface area contributed by atoms with Crippen LogP contribution in [-0.4, -0.2) is 52.0 Å². The largest absolute Gasteiger partial charge is 0.369 e. The van der Waals surface area contributed by atoms with Gasteiger partial charge < -0.3 is 16.0 Å². The van der Waals surface area contributed by atoms with Gasteiger partial charge in [0.15, 0.2) is 11.2 Å². The lowest BCUT2D eigenvalue weighted by atomic mass is 10.4. The third kappa shape index (κ3) is 3.38. The van der Waals surface area contributed by atoms with E-state index in [1.807, 2.05) is 14.1 Å². The molecule has 8 heteroatoms. The fraction of sp³-hybridized carbons (Fsp3) is 0.455. The first kappa shape index (κ1) is 13.2. The highest BCUT2D eigenvalue weighted by atomic mass is 16.1. The summed E-state index contributed by atoms with van der Waals surface area (Å²) in [6.07, 6.45) is 2.52. The number of fused-ring (bicyclic) bond motifs is 1. The molecule has 19 heavy (non-hydrogen) atoms. The Morgan fingerprint density at radius 2 is 2.21 bits per heavy atom. The molecule has 0 bridgehead atoms. The van der Waals surface area contributed by atoms with Gasteiger partial charge in [0, 0.05) is 6.54 Å². The van der Waals surface area contributed by atoms with Crippen LogP contribution in [0.1, 0.15) is 6.42 Å². The molecule has 2 aromatic heterocycles. The zero-order chi connectivity index (χ0) is 13.8. The van der Waals surface area contributed by atoms with Crippen molar-refractivity contribution in [1.29, 1.82) is 0 Å². The molecular weight excluding hydrogens is 246 g/mol. The number of hydrogen-bond acceptors (Lipinski definition) is 7. The minimum Gasteiger partial charge on any atom is -0.369 e. The Labute approximate surface area is 110 Å². The van der Waals surface area contributed by atoms with Crippen molar-refractivity contribution in [2.45, 2.75) is 6.42 Å². The van der Waals surface area contributed by atoms with E-state index in [2.05, 4.69) is 30.2 Å². The summed E-state index contributed by atoms with van der Waals surface area (Å²) >= 11 is 0. The number of rotatable bonds is 5. The van der Waals surface area contributed by atoms with Crippen molar-refractivity contribution in [2.24, 2.45) is 0 Å². The Bertz CT molecular complexity index is 622. The lowest BCUT2D eigenvalue weighted by Crippen LogP contribution is -2.17. The summed E-state index contributed by atoms with van der Waals surface area (Å²) in [7, 11) is 4.04. The number of hydrogen-bond donors (Lipinski definition) is 3. The van der Waals surface area contributed by atoms with Gasteiger partial charge in [-0.05, 0) is 27.1 Å². The molecule has 0 radical (unpaired) electrons. The monoisotopic (exact) mass is 263 g/mol. The Hall–Kier alpha value is -2.22. The summed E-state index contributed by atoms with van der Waals surface area (Å²) in [4.78, 5) is 28.3. The Kier molecular flexibility index (Phi) is 3.91. The molecule has 2 rings (SSSR count). The van der Waals surface area contributed by atoms with E-state index in [1.54, 1.807) is 6.20 Å². The third-order valence-corrected chi connectivity index (χ3v) is 2.52. The number of aromatic amines is 1. The van der Waals surface area contributed by atoms with Gasteiger partial charge in [-0.1, -0.05) is 0 Å². The Morgan fingerprint density at radius 1 is 1.42 bits per heavy atom. The van der Waals surface area contributed by atoms with Gasteiger partial charge in [0.2, 0.25) is 5.95 Å². The van der Waals surface area contributed by atoms with E-state index in [-0.39, 0.29) is 22.7 Å². The van der Waals surface area contributed by atoms with Crippen molar-refractivity contribution < 1.29 is 0 Å². The summed E-state index contributed by atoms with van der Waals surface area (Å²) in [6, 6.07) is 0. The van der Waals surface area contributed by atoms with Crippen molar-refractivity contribution in [3.63, 3.8) is 0 Å². The van der Waals surface area contributed by atoms with Gasteiger partial charge in [-0.3, -0.25) is 9.78 Å². The van der Waals surface area contributed by atoms with Gasteiger partial charge >= 0.3 is 0 Å². The van der Waals surface area contributed by atoms with Crippen LogP contribution < -0.4 is 16.6 Å². The van der Waals surface area contributed by atoms with Gasteiger partial charge in [-0.25, -0.2) is 9.97 Å². The van der Waals surface area contributed by atoms with Crippen LogP contribution in [0.5, 0.6) is 0 Å². The lowest BCUT2D eigenvalue weighted by Gasteiger charge is -2.10. The second-order valence-corrected chi connectivity index (χ2v) is 4.46. The molecule has 0 aromatic carbocycles. The molecule has 0 aliphatic carbocycles. The van der Waals surface area contributed by atoms with E-state index in [9.17, 15) is 4.79 Å². The zero-order valence-corrected chi connectivity index (χ0v) is 11.0. The maximum absolute atomic E-state index is 11.7. The first-order valence-corrected chi connectivity index (χ1v) is 5.97. The van der Waals surface area contributed by atoms with Crippen molar-refractivity contribution in [2.75, 3.05) is 38.2 Å². The predicted octanol–water partition coefficient (Wildman–Crippen LogP) is -0.341. The second kappa shape index (κ2) is 5.61. The zero-order valence-electron chi connectivity index (χ0n) is 11.0. The third-order valence-electron chi connectivity index (χ3n) is 2.52. The predicted molar refractivity (Wildman–Crippen MR) is 74.0 cm³/mol. The van der Waals surface area contributed by atoms with Crippen LogP contribution in [0.2, 0.25) is 0 Å². The summed E-state index contributed by atoms with van der Waals surface area (Å²) in [5.41, 5.74) is 5.49. The van der Waals surface area contributed by atoms with Crippen molar-refractivity contribution in [3.8, 4) is 0 Å². The normalized spacial score (nSPS) is 11.1. The Balaban J connectivity index is 2.11. The molecule has 4 N–H and O–H groups in total. The topological polar surface area (TPSA) is 113 Å². The van der Waals surface area contributed by atoms with E-state index < -0.39 is 0 Å². The molecule has 0 spiro atoms. The minimum atomic E-state index is -0.382. The molecule has 0 aliphatic rings. The molecule has 0 saturated heterocycles. The first-order chi connectivity index (χ1) is 9.06. The van der Waals surface area contributed by atoms with Gasteiger partial charge in [0.05, 0.1) is 6.20 Å². The number of aromatic nitrogens is 4. The average molecular weight is 263 g/mol. The number of nitrogens with zero attached hydrogens (tertiary/aromatic N) is 4. The van der Waals surface area contributed by atoms with Gasteiger partial charge in [-0.15, -0.1) is 0 Å². The number of nitrogen functional groups attached to an aromatic ring is 1. The van der Waals surface area contributed by atoms with E-state index in [0.29, 0.717) is 5.82 Å². The highest BCUT2D eigenvalue weighted by molar-refractivity contribution is 5.70. The molecule has 0 fully saturated rings. The summed E-state index contributed by atoms with van der Waals surface area (Å²) in [5.74, 6) is 0.599. The molecule has 0 atom stereocenters. The van der Waals surface area contributed by atoms with E-state index in [0.717, 1.165) is 19.5 Å². The van der Waals surface area contributed by atoms with Crippen LogP contribution in [0.25, 0.3) is 11.2 Å². The maximum Gasteiger partial charge on any atom is 0.280 e. The van der Waals surface area contributed by atoms with Crippen LogP contribution in [0.4, 0.5) is 11.8 Å². The number of H-pyrrole nitrogens is 1. The summed E-state index contributed by atoms with van der Waals surface area (Å²) in [5, 5.41) is 3.12. The van der Waals surface area contributed by atoms with Crippen molar-refractivity contribution in [3.05, 3.63) is 16.6 Å². The van der Waals surface area contributed by atoms with Crippen molar-refractivity contribution >= 4 is 22.9 Å². The fourth-order valence-electron chi connectivity index (χ4n) is 1.63. The van der Waals surface area contributed by atoms with E-state index in [1.165, 1.54) is 0 Å². The molecule has 8 nitrogen and oxygen atoms in total. The fourth-order valence-corrected chi connectivity index (χ4v) is 1.63. The number of anilines is 2. The van der Waals surface area contributed by atoms with E-state index >= 15 is 0 Å². The maximum atomic E-state index is 11.7. The van der Waals surface area contributed by atoms with Gasteiger partial charge in [0.1, 0.15) is 5.82 Å². The van der Waals surface area contributed by atoms with E-state index in [4.69, 9.17) is 5.73 Å². The van der Waals surface area contributed by atoms with Crippen LogP contribution >= 0.6 is 0 Å². The smallest absolute Gasteiger partial charge is 0.280 e. The molecule has 2 aromatic rings. The van der Waals surface area contributed by atoms with Crippen LogP contribution in [0.15, 0.2) is 11.0 Å². The molecule has 2 heterocycles. The lowest BCUT2D eigenvalue weighted by molar-refractivity contribution is 0.405. The van der Waals surface area contributed by atoms with Gasteiger partial charge in [0.25, 0.3) is 5.56 Å². The molecular formula is C11H17N7O. The summed E-state index contributed by atoms with van der Waals surface area (Å²) < 4.78 is 0. The standard InChI is InChI=1S/C11H17N7O/c1-18(2)5-3-4-13-7-6-14-9-8(15-7)10(19)17-11(12)16-9/h6H,3-5H2,1-2H3,(H,13,15)(H3,12,14,16,17,19). The van der Waals surface area contributed by atoms with Crippen LogP contribution in [-0.2, 0) is 0 Å². The van der Waals surface area contributed by atoms with Crippen LogP contribution in [0.3, 0.4) is 0 Å².